The number of rotatable bonds is 5. The predicted molar refractivity (Wildman–Crippen MR) is 80.6 cm³/mol. The number of benzene rings is 1. The first-order valence-electron chi connectivity index (χ1n) is 7.39. The minimum atomic E-state index is 0.495. The number of hydrogen-bond acceptors (Lipinski definition) is 2. The quantitative estimate of drug-likeness (QED) is 0.814. The van der Waals surface area contributed by atoms with Crippen LogP contribution >= 0.6 is 0 Å². The van der Waals surface area contributed by atoms with Gasteiger partial charge in [-0.2, -0.15) is 0 Å². The Morgan fingerprint density at radius 1 is 1.32 bits per heavy atom. The summed E-state index contributed by atoms with van der Waals surface area (Å²) in [5.74, 6) is 1.75. The SMILES string of the molecule is Cc1cccc(OCCNC2CC(C)(C)CC2C)c1. The van der Waals surface area contributed by atoms with Gasteiger partial charge in [-0.3, -0.25) is 0 Å². The lowest BCUT2D eigenvalue weighted by Gasteiger charge is -2.18. The maximum atomic E-state index is 5.77. The molecule has 1 aliphatic rings. The molecule has 1 saturated carbocycles. The van der Waals surface area contributed by atoms with Gasteiger partial charge in [-0.05, 0) is 48.8 Å². The van der Waals surface area contributed by atoms with Crippen molar-refractivity contribution in [3.05, 3.63) is 29.8 Å². The Labute approximate surface area is 117 Å². The molecule has 0 radical (unpaired) electrons. The van der Waals surface area contributed by atoms with Crippen LogP contribution in [-0.4, -0.2) is 19.2 Å². The maximum Gasteiger partial charge on any atom is 0.119 e. The van der Waals surface area contributed by atoms with E-state index in [9.17, 15) is 0 Å². The summed E-state index contributed by atoms with van der Waals surface area (Å²) in [4.78, 5) is 0. The maximum absolute atomic E-state index is 5.77. The molecular weight excluding hydrogens is 234 g/mol. The fourth-order valence-corrected chi connectivity index (χ4v) is 3.29. The molecule has 2 rings (SSSR count). The zero-order chi connectivity index (χ0) is 13.9. The first-order valence-corrected chi connectivity index (χ1v) is 7.39. The molecule has 2 heteroatoms. The van der Waals surface area contributed by atoms with Crippen LogP contribution in [0.5, 0.6) is 5.75 Å². The molecule has 1 fully saturated rings. The standard InChI is InChI=1S/C17H27NO/c1-13-6-5-7-15(10-13)19-9-8-18-16-12-17(3,4)11-14(16)2/h5-7,10,14,16,18H,8-9,11-12H2,1-4H3. The second-order valence-electron chi connectivity index (χ2n) is 6.78. The zero-order valence-corrected chi connectivity index (χ0v) is 12.7. The summed E-state index contributed by atoms with van der Waals surface area (Å²) in [7, 11) is 0. The molecule has 0 heterocycles. The topological polar surface area (TPSA) is 21.3 Å². The molecule has 1 aliphatic carbocycles. The van der Waals surface area contributed by atoms with Gasteiger partial charge >= 0.3 is 0 Å². The van der Waals surface area contributed by atoms with E-state index < -0.39 is 0 Å². The molecule has 106 valence electrons. The van der Waals surface area contributed by atoms with Gasteiger partial charge in [0.25, 0.3) is 0 Å². The van der Waals surface area contributed by atoms with Crippen LogP contribution in [0.1, 0.15) is 39.2 Å². The van der Waals surface area contributed by atoms with E-state index in [4.69, 9.17) is 4.74 Å². The monoisotopic (exact) mass is 261 g/mol. The normalized spacial score (nSPS) is 25.5. The Morgan fingerprint density at radius 2 is 2.11 bits per heavy atom. The second-order valence-corrected chi connectivity index (χ2v) is 6.78. The average Bonchev–Trinajstić information content (AvgIpc) is 2.58. The highest BCUT2D eigenvalue weighted by atomic mass is 16.5. The van der Waals surface area contributed by atoms with Crippen molar-refractivity contribution in [3.8, 4) is 5.75 Å². The predicted octanol–water partition coefficient (Wildman–Crippen LogP) is 3.79. The Balaban J connectivity index is 1.70. The second kappa shape index (κ2) is 5.96. The molecule has 2 atom stereocenters. The summed E-state index contributed by atoms with van der Waals surface area (Å²) in [6.07, 6.45) is 2.60. The van der Waals surface area contributed by atoms with Crippen molar-refractivity contribution >= 4 is 0 Å². The third kappa shape index (κ3) is 4.24. The lowest BCUT2D eigenvalue weighted by molar-refractivity contribution is 0.294. The molecule has 0 amide bonds. The van der Waals surface area contributed by atoms with Crippen molar-refractivity contribution in [2.45, 2.75) is 46.6 Å². The van der Waals surface area contributed by atoms with Crippen LogP contribution in [0.25, 0.3) is 0 Å². The van der Waals surface area contributed by atoms with Crippen LogP contribution < -0.4 is 10.1 Å². The van der Waals surface area contributed by atoms with Crippen molar-refractivity contribution < 1.29 is 4.74 Å². The molecule has 0 saturated heterocycles. The number of hydrogen-bond donors (Lipinski definition) is 1. The first kappa shape index (κ1) is 14.4. The third-order valence-corrected chi connectivity index (χ3v) is 4.10. The highest BCUT2D eigenvalue weighted by Gasteiger charge is 2.35. The lowest BCUT2D eigenvalue weighted by Crippen LogP contribution is -2.34. The molecule has 1 aromatic rings. The van der Waals surface area contributed by atoms with Gasteiger partial charge in [-0.1, -0.05) is 32.9 Å². The van der Waals surface area contributed by atoms with Gasteiger partial charge < -0.3 is 10.1 Å². The van der Waals surface area contributed by atoms with Gasteiger partial charge in [0.1, 0.15) is 12.4 Å². The fraction of sp³-hybridized carbons (Fsp3) is 0.647. The molecular formula is C17H27NO. The smallest absolute Gasteiger partial charge is 0.119 e. The number of aryl methyl sites for hydroxylation is 1. The highest BCUT2D eigenvalue weighted by Crippen LogP contribution is 2.40. The summed E-state index contributed by atoms with van der Waals surface area (Å²) >= 11 is 0. The van der Waals surface area contributed by atoms with Crippen molar-refractivity contribution in [1.29, 1.82) is 0 Å². The number of nitrogens with one attached hydrogen (secondary N) is 1. The molecule has 0 aromatic heterocycles. The molecule has 0 bridgehead atoms. The van der Waals surface area contributed by atoms with Crippen molar-refractivity contribution in [2.75, 3.05) is 13.2 Å². The van der Waals surface area contributed by atoms with E-state index in [2.05, 4.69) is 45.1 Å². The average molecular weight is 261 g/mol. The Morgan fingerprint density at radius 3 is 2.74 bits per heavy atom. The van der Waals surface area contributed by atoms with Crippen LogP contribution in [0.3, 0.4) is 0 Å². The fourth-order valence-electron chi connectivity index (χ4n) is 3.29. The van der Waals surface area contributed by atoms with E-state index in [1.165, 1.54) is 18.4 Å². The van der Waals surface area contributed by atoms with Gasteiger partial charge in [0.2, 0.25) is 0 Å². The molecule has 1 aromatic carbocycles. The van der Waals surface area contributed by atoms with Gasteiger partial charge in [0.15, 0.2) is 0 Å². The minimum Gasteiger partial charge on any atom is -0.492 e. The van der Waals surface area contributed by atoms with E-state index in [0.717, 1.165) is 24.8 Å². The first-order chi connectivity index (χ1) is 8.96. The molecule has 0 spiro atoms. The third-order valence-electron chi connectivity index (χ3n) is 4.10. The van der Waals surface area contributed by atoms with Crippen LogP contribution in [0.15, 0.2) is 24.3 Å². The van der Waals surface area contributed by atoms with Gasteiger partial charge in [-0.25, -0.2) is 0 Å². The van der Waals surface area contributed by atoms with Gasteiger partial charge in [-0.15, -0.1) is 0 Å². The van der Waals surface area contributed by atoms with E-state index >= 15 is 0 Å². The van der Waals surface area contributed by atoms with Gasteiger partial charge in [0, 0.05) is 12.6 Å². The zero-order valence-electron chi connectivity index (χ0n) is 12.7. The van der Waals surface area contributed by atoms with Crippen molar-refractivity contribution in [3.63, 3.8) is 0 Å². The molecule has 2 unspecified atom stereocenters. The lowest BCUT2D eigenvalue weighted by atomic mass is 9.91. The van der Waals surface area contributed by atoms with Crippen LogP contribution in [-0.2, 0) is 0 Å². The van der Waals surface area contributed by atoms with Crippen LogP contribution in [0, 0.1) is 18.3 Å². The Hall–Kier alpha value is -1.02. The Bertz CT molecular complexity index is 413. The number of ether oxygens (including phenoxy) is 1. The van der Waals surface area contributed by atoms with E-state index in [1.807, 2.05) is 12.1 Å². The molecule has 19 heavy (non-hydrogen) atoms. The van der Waals surface area contributed by atoms with E-state index in [-0.39, 0.29) is 0 Å². The molecule has 0 aliphatic heterocycles. The summed E-state index contributed by atoms with van der Waals surface area (Å²) < 4.78 is 5.77. The summed E-state index contributed by atoms with van der Waals surface area (Å²) in [5.41, 5.74) is 1.74. The summed E-state index contributed by atoms with van der Waals surface area (Å²) in [6, 6.07) is 8.89. The van der Waals surface area contributed by atoms with Crippen LogP contribution in [0.2, 0.25) is 0 Å². The van der Waals surface area contributed by atoms with Crippen molar-refractivity contribution in [2.24, 2.45) is 11.3 Å². The van der Waals surface area contributed by atoms with Gasteiger partial charge in [0.05, 0.1) is 0 Å². The molecule has 1 N–H and O–H groups in total. The Kier molecular flexibility index (Phi) is 4.51. The van der Waals surface area contributed by atoms with E-state index in [0.29, 0.717) is 11.5 Å². The summed E-state index contributed by atoms with van der Waals surface area (Å²) in [5, 5.41) is 3.65. The van der Waals surface area contributed by atoms with E-state index in [1.54, 1.807) is 0 Å². The largest absolute Gasteiger partial charge is 0.492 e. The van der Waals surface area contributed by atoms with Crippen LogP contribution in [0.4, 0.5) is 0 Å². The summed E-state index contributed by atoms with van der Waals surface area (Å²) in [6.45, 7) is 10.9. The highest BCUT2D eigenvalue weighted by molar-refractivity contribution is 5.27. The minimum absolute atomic E-state index is 0.495. The van der Waals surface area contributed by atoms with Crippen molar-refractivity contribution in [1.82, 2.24) is 5.32 Å². The molecule has 2 nitrogen and oxygen atoms in total.